The third kappa shape index (κ3) is 4.57. The number of nitrogens with zero attached hydrogens (tertiary/aromatic N) is 1. The summed E-state index contributed by atoms with van der Waals surface area (Å²) in [5.74, 6) is -0.707. The average Bonchev–Trinajstić information content (AvgIpc) is 2.72. The molecular weight excluding hydrogens is 411 g/mol. The monoisotopic (exact) mass is 432 g/mol. The molecule has 30 heavy (non-hydrogen) atoms. The van der Waals surface area contributed by atoms with Gasteiger partial charge in [-0.3, -0.25) is 4.90 Å². The molecule has 0 saturated heterocycles. The molecule has 1 aliphatic rings. The van der Waals surface area contributed by atoms with Crippen molar-refractivity contribution in [3.05, 3.63) is 76.2 Å². The van der Waals surface area contributed by atoms with Gasteiger partial charge in [0.05, 0.1) is 23.9 Å². The lowest BCUT2D eigenvalue weighted by Gasteiger charge is -2.36. The maximum atomic E-state index is 14.5. The van der Waals surface area contributed by atoms with Gasteiger partial charge in [-0.25, -0.2) is 14.0 Å². The van der Waals surface area contributed by atoms with E-state index in [4.69, 9.17) is 21.1 Å². The molecule has 1 N–H and O–H groups in total. The maximum absolute atomic E-state index is 14.5. The number of hydrogen-bond acceptors (Lipinski definition) is 4. The van der Waals surface area contributed by atoms with Crippen LogP contribution in [0.3, 0.4) is 0 Å². The predicted octanol–water partition coefficient (Wildman–Crippen LogP) is 4.46. The molecule has 0 aliphatic carbocycles. The van der Waals surface area contributed by atoms with E-state index in [0.29, 0.717) is 16.5 Å². The molecule has 0 aromatic heterocycles. The Bertz CT molecular complexity index is 979. The smallest absolute Gasteiger partial charge is 0.338 e. The molecule has 0 unspecified atom stereocenters. The highest BCUT2D eigenvalue weighted by molar-refractivity contribution is 6.30. The Labute approximate surface area is 179 Å². The van der Waals surface area contributed by atoms with Crippen LogP contribution in [-0.2, 0) is 9.53 Å². The van der Waals surface area contributed by atoms with E-state index in [0.717, 1.165) is 0 Å². The van der Waals surface area contributed by atoms with Crippen molar-refractivity contribution in [1.82, 2.24) is 10.2 Å². The lowest BCUT2D eigenvalue weighted by Crippen LogP contribution is -2.49. The van der Waals surface area contributed by atoms with E-state index in [1.807, 2.05) is 0 Å². The van der Waals surface area contributed by atoms with Gasteiger partial charge in [0.1, 0.15) is 18.2 Å². The lowest BCUT2D eigenvalue weighted by atomic mass is 9.94. The van der Waals surface area contributed by atoms with Crippen LogP contribution >= 0.6 is 11.6 Å². The van der Waals surface area contributed by atoms with Crippen molar-refractivity contribution in [2.45, 2.75) is 19.9 Å². The molecule has 0 radical (unpaired) electrons. The van der Waals surface area contributed by atoms with Crippen LogP contribution in [0.4, 0.5) is 9.18 Å². The molecule has 0 fully saturated rings. The largest absolute Gasteiger partial charge is 0.487 e. The zero-order valence-electron chi connectivity index (χ0n) is 16.7. The number of amides is 2. The molecule has 8 heteroatoms. The van der Waals surface area contributed by atoms with Crippen LogP contribution in [0.1, 0.15) is 25.5 Å². The first-order chi connectivity index (χ1) is 14.5. The van der Waals surface area contributed by atoms with E-state index in [9.17, 15) is 14.0 Å². The summed E-state index contributed by atoms with van der Waals surface area (Å²) in [5, 5.41) is 3.20. The zero-order chi connectivity index (χ0) is 21.7. The summed E-state index contributed by atoms with van der Waals surface area (Å²) >= 11 is 6.00. The summed E-state index contributed by atoms with van der Waals surface area (Å²) in [7, 11) is 0. The number of carbonyl (C=O) groups is 2. The van der Waals surface area contributed by atoms with Gasteiger partial charge >= 0.3 is 12.0 Å². The summed E-state index contributed by atoms with van der Waals surface area (Å²) < 4.78 is 25.6. The number of nitrogens with one attached hydrogen (secondary N) is 1. The number of esters is 1. The first-order valence-electron chi connectivity index (χ1n) is 9.57. The Hall–Kier alpha value is -3.06. The Morgan fingerprint density at radius 1 is 1.20 bits per heavy atom. The average molecular weight is 433 g/mol. The Kier molecular flexibility index (Phi) is 6.95. The first kappa shape index (κ1) is 21.6. The highest BCUT2D eigenvalue weighted by Crippen LogP contribution is 2.33. The number of hydrogen-bond donors (Lipinski definition) is 1. The predicted molar refractivity (Wildman–Crippen MR) is 111 cm³/mol. The minimum absolute atomic E-state index is 0.0965. The van der Waals surface area contributed by atoms with Gasteiger partial charge in [0.25, 0.3) is 0 Å². The molecule has 3 rings (SSSR count). The molecule has 0 spiro atoms. The standard InChI is InChI=1S/C22H22ClFN2O4/c1-3-26-18(13-30-15-9-7-8-14(23)12-15)19(21(27)29-4-2)20(25-22(26)28)16-10-5-6-11-17(16)24/h5-12,20H,3-4,13H2,1-2H3,(H,25,28)/t20-/m0/s1. The van der Waals surface area contributed by atoms with Gasteiger partial charge in [0.2, 0.25) is 0 Å². The molecular formula is C22H22ClFN2O4. The summed E-state index contributed by atoms with van der Waals surface area (Å²) in [5.41, 5.74) is 0.614. The van der Waals surface area contributed by atoms with Gasteiger partial charge in [-0.2, -0.15) is 0 Å². The highest BCUT2D eigenvalue weighted by atomic mass is 35.5. The Morgan fingerprint density at radius 2 is 1.97 bits per heavy atom. The molecule has 1 aliphatic heterocycles. The van der Waals surface area contributed by atoms with E-state index < -0.39 is 23.9 Å². The second-order valence-electron chi connectivity index (χ2n) is 6.48. The van der Waals surface area contributed by atoms with Crippen molar-refractivity contribution in [2.75, 3.05) is 19.8 Å². The number of ether oxygens (including phenoxy) is 2. The van der Waals surface area contributed by atoms with Crippen molar-refractivity contribution in [2.24, 2.45) is 0 Å². The fourth-order valence-electron chi connectivity index (χ4n) is 3.29. The van der Waals surface area contributed by atoms with E-state index in [2.05, 4.69) is 5.32 Å². The van der Waals surface area contributed by atoms with E-state index >= 15 is 0 Å². The van der Waals surface area contributed by atoms with Crippen LogP contribution in [0, 0.1) is 5.82 Å². The Balaban J connectivity index is 2.09. The summed E-state index contributed by atoms with van der Waals surface area (Å²) in [6.07, 6.45) is 0. The number of likely N-dealkylation sites (N-methyl/N-ethyl adjacent to an activating group) is 1. The summed E-state index contributed by atoms with van der Waals surface area (Å²) in [6.45, 7) is 3.77. The quantitative estimate of drug-likeness (QED) is 0.656. The van der Waals surface area contributed by atoms with Crippen molar-refractivity contribution >= 4 is 23.6 Å². The van der Waals surface area contributed by atoms with Crippen LogP contribution in [0.5, 0.6) is 5.75 Å². The molecule has 0 bridgehead atoms. The molecule has 0 saturated carbocycles. The number of rotatable bonds is 7. The van der Waals surface area contributed by atoms with Crippen molar-refractivity contribution in [3.63, 3.8) is 0 Å². The summed E-state index contributed by atoms with van der Waals surface area (Å²) in [6, 6.07) is 11.3. The van der Waals surface area contributed by atoms with Gasteiger partial charge in [-0.05, 0) is 38.1 Å². The fourth-order valence-corrected chi connectivity index (χ4v) is 3.47. The molecule has 2 amide bonds. The Morgan fingerprint density at radius 3 is 2.63 bits per heavy atom. The van der Waals surface area contributed by atoms with E-state index in [1.54, 1.807) is 50.2 Å². The minimum atomic E-state index is -1.00. The van der Waals surface area contributed by atoms with Gasteiger partial charge in [0.15, 0.2) is 0 Å². The van der Waals surface area contributed by atoms with Crippen LogP contribution in [0.25, 0.3) is 0 Å². The number of urea groups is 1. The molecule has 158 valence electrons. The third-order valence-corrected chi connectivity index (χ3v) is 4.87. The first-order valence-corrected chi connectivity index (χ1v) is 9.95. The molecule has 6 nitrogen and oxygen atoms in total. The van der Waals surface area contributed by atoms with E-state index in [-0.39, 0.29) is 30.9 Å². The van der Waals surface area contributed by atoms with Crippen molar-refractivity contribution < 1.29 is 23.5 Å². The van der Waals surface area contributed by atoms with Crippen molar-refractivity contribution in [3.8, 4) is 5.75 Å². The molecule has 2 aromatic rings. The molecule has 1 heterocycles. The van der Waals surface area contributed by atoms with Gasteiger partial charge < -0.3 is 14.8 Å². The second kappa shape index (κ2) is 9.63. The van der Waals surface area contributed by atoms with Crippen LogP contribution in [0.15, 0.2) is 59.8 Å². The SMILES string of the molecule is CCOC(=O)C1=C(COc2cccc(Cl)c2)N(CC)C(=O)N[C@H]1c1ccccc1F. The topological polar surface area (TPSA) is 67.9 Å². The second-order valence-corrected chi connectivity index (χ2v) is 6.91. The molecule has 1 atom stereocenters. The zero-order valence-corrected chi connectivity index (χ0v) is 17.4. The highest BCUT2D eigenvalue weighted by Gasteiger charge is 2.38. The number of benzene rings is 2. The van der Waals surface area contributed by atoms with E-state index in [1.165, 1.54) is 17.0 Å². The van der Waals surface area contributed by atoms with Crippen LogP contribution in [-0.4, -0.2) is 36.7 Å². The lowest BCUT2D eigenvalue weighted by molar-refractivity contribution is -0.139. The minimum Gasteiger partial charge on any atom is -0.487 e. The van der Waals surface area contributed by atoms with Crippen LogP contribution < -0.4 is 10.1 Å². The molecule has 2 aromatic carbocycles. The normalized spacial score (nSPS) is 16.3. The number of carbonyl (C=O) groups excluding carboxylic acids is 2. The fraction of sp³-hybridized carbons (Fsp3) is 0.273. The van der Waals surface area contributed by atoms with Gasteiger partial charge in [0, 0.05) is 17.1 Å². The maximum Gasteiger partial charge on any atom is 0.338 e. The van der Waals surface area contributed by atoms with Gasteiger partial charge in [-0.15, -0.1) is 0 Å². The third-order valence-electron chi connectivity index (χ3n) is 4.64. The van der Waals surface area contributed by atoms with Crippen LogP contribution in [0.2, 0.25) is 5.02 Å². The number of halogens is 2. The van der Waals surface area contributed by atoms with Gasteiger partial charge in [-0.1, -0.05) is 35.9 Å². The van der Waals surface area contributed by atoms with Crippen molar-refractivity contribution in [1.29, 1.82) is 0 Å². The summed E-state index contributed by atoms with van der Waals surface area (Å²) in [4.78, 5) is 27.0.